The Morgan fingerprint density at radius 3 is 2.57 bits per heavy atom. The molecule has 4 rings (SSSR count). The third kappa shape index (κ3) is 3.91. The number of ketones is 1. The second kappa shape index (κ2) is 7.53. The third-order valence-electron chi connectivity index (χ3n) is 5.05. The fourth-order valence-electron chi connectivity index (χ4n) is 3.82. The van der Waals surface area contributed by atoms with E-state index in [1.807, 2.05) is 43.5 Å². The Labute approximate surface area is 173 Å². The lowest BCUT2D eigenvalue weighted by Crippen LogP contribution is -2.30. The second-order valence-corrected chi connectivity index (χ2v) is 9.69. The van der Waals surface area contributed by atoms with Gasteiger partial charge in [-0.05, 0) is 30.2 Å². The Balaban J connectivity index is 1.82. The number of nitrogens with one attached hydrogen (secondary N) is 1. The van der Waals surface area contributed by atoms with Crippen molar-refractivity contribution in [1.82, 2.24) is 14.8 Å². The number of Topliss-reactive ketones (excluding diaryl/α,β-unsaturated/α-hetero) is 1. The summed E-state index contributed by atoms with van der Waals surface area (Å²) >= 11 is 0. The summed E-state index contributed by atoms with van der Waals surface area (Å²) in [6, 6.07) is 13.2. The number of nitrogens with zero attached hydrogens (tertiary/aromatic N) is 2. The van der Waals surface area contributed by atoms with Gasteiger partial charge < -0.3 is 4.98 Å². The topological polar surface area (TPSA) is 102 Å². The SMILES string of the molecule is Cc1cccc2[nH]cc(Cc3nn(CC(=O)CS(C)(=O)=O)c(=O)c4ccccc34)c12. The molecule has 4 aromatic rings. The van der Waals surface area contributed by atoms with Gasteiger partial charge >= 0.3 is 0 Å². The van der Waals surface area contributed by atoms with Crippen LogP contribution in [0, 0.1) is 6.92 Å². The van der Waals surface area contributed by atoms with Crippen LogP contribution in [0.5, 0.6) is 0 Å². The number of hydrogen-bond acceptors (Lipinski definition) is 5. The first-order valence-electron chi connectivity index (χ1n) is 9.46. The molecule has 0 aliphatic rings. The van der Waals surface area contributed by atoms with E-state index < -0.39 is 26.9 Å². The number of carbonyl (C=O) groups is 1. The highest BCUT2D eigenvalue weighted by molar-refractivity contribution is 7.91. The number of rotatable bonds is 6. The fraction of sp³-hybridized carbons (Fsp3) is 0.227. The first-order chi connectivity index (χ1) is 14.2. The molecule has 2 aromatic heterocycles. The molecule has 0 radical (unpaired) electrons. The molecule has 0 atom stereocenters. The Hall–Kier alpha value is -3.26. The van der Waals surface area contributed by atoms with Crippen LogP contribution in [0.15, 0.2) is 53.5 Å². The number of H-pyrrole nitrogens is 1. The van der Waals surface area contributed by atoms with Crippen molar-refractivity contribution in [3.63, 3.8) is 0 Å². The van der Waals surface area contributed by atoms with E-state index in [0.717, 1.165) is 38.4 Å². The zero-order chi connectivity index (χ0) is 21.5. The predicted octanol–water partition coefficient (Wildman–Crippen LogP) is 2.39. The average Bonchev–Trinajstić information content (AvgIpc) is 3.08. The molecular weight excluding hydrogens is 402 g/mol. The van der Waals surface area contributed by atoms with Crippen LogP contribution < -0.4 is 5.56 Å². The van der Waals surface area contributed by atoms with Gasteiger partial charge in [-0.1, -0.05) is 30.3 Å². The highest BCUT2D eigenvalue weighted by atomic mass is 32.2. The van der Waals surface area contributed by atoms with E-state index in [0.29, 0.717) is 17.5 Å². The first-order valence-corrected chi connectivity index (χ1v) is 11.5. The summed E-state index contributed by atoms with van der Waals surface area (Å²) in [7, 11) is -3.48. The molecule has 0 amide bonds. The molecule has 0 spiro atoms. The Morgan fingerprint density at radius 2 is 1.83 bits per heavy atom. The molecule has 2 heterocycles. The van der Waals surface area contributed by atoms with Gasteiger partial charge in [0.2, 0.25) is 0 Å². The predicted molar refractivity (Wildman–Crippen MR) is 117 cm³/mol. The summed E-state index contributed by atoms with van der Waals surface area (Å²) in [6.45, 7) is 1.66. The summed E-state index contributed by atoms with van der Waals surface area (Å²) in [5, 5.41) is 6.73. The molecule has 30 heavy (non-hydrogen) atoms. The smallest absolute Gasteiger partial charge is 0.275 e. The minimum atomic E-state index is -3.48. The molecule has 2 aromatic carbocycles. The van der Waals surface area contributed by atoms with Gasteiger partial charge in [-0.25, -0.2) is 13.1 Å². The van der Waals surface area contributed by atoms with Crippen LogP contribution in [0.25, 0.3) is 21.7 Å². The number of hydrogen-bond donors (Lipinski definition) is 1. The van der Waals surface area contributed by atoms with Crippen LogP contribution in [-0.4, -0.2) is 41.0 Å². The molecule has 0 fully saturated rings. The van der Waals surface area contributed by atoms with Crippen molar-refractivity contribution in [3.05, 3.63) is 75.8 Å². The number of benzene rings is 2. The zero-order valence-electron chi connectivity index (χ0n) is 16.7. The van der Waals surface area contributed by atoms with Crippen LogP contribution in [0.3, 0.4) is 0 Å². The summed E-state index contributed by atoms with van der Waals surface area (Å²) in [5.74, 6) is -1.19. The molecule has 7 nitrogen and oxygen atoms in total. The lowest BCUT2D eigenvalue weighted by atomic mass is 10.0. The maximum Gasteiger partial charge on any atom is 0.275 e. The fourth-order valence-corrected chi connectivity index (χ4v) is 4.50. The first kappa shape index (κ1) is 20.0. The highest BCUT2D eigenvalue weighted by Gasteiger charge is 2.17. The number of aromatic amines is 1. The van der Waals surface area contributed by atoms with E-state index >= 15 is 0 Å². The van der Waals surface area contributed by atoms with Crippen LogP contribution >= 0.6 is 0 Å². The zero-order valence-corrected chi connectivity index (χ0v) is 17.5. The largest absolute Gasteiger partial charge is 0.361 e. The standard InChI is InChI=1S/C22H21N3O4S/c1-14-6-5-9-19-21(14)15(11-23-19)10-20-17-7-3-4-8-18(17)22(27)25(24-20)12-16(26)13-30(2,28)29/h3-9,11,23H,10,12-13H2,1-2H3. The molecule has 0 saturated carbocycles. The summed E-state index contributed by atoms with van der Waals surface area (Å²) in [4.78, 5) is 28.3. The summed E-state index contributed by atoms with van der Waals surface area (Å²) in [6.07, 6.45) is 3.39. The van der Waals surface area contributed by atoms with Gasteiger partial charge in [0.15, 0.2) is 15.6 Å². The van der Waals surface area contributed by atoms with Crippen molar-refractivity contribution >= 4 is 37.3 Å². The van der Waals surface area contributed by atoms with E-state index in [-0.39, 0.29) is 6.54 Å². The third-order valence-corrected chi connectivity index (χ3v) is 5.89. The van der Waals surface area contributed by atoms with Gasteiger partial charge in [-0.2, -0.15) is 5.10 Å². The average molecular weight is 423 g/mol. The summed E-state index contributed by atoms with van der Waals surface area (Å²) < 4.78 is 23.9. The van der Waals surface area contributed by atoms with Gasteiger partial charge in [-0.15, -0.1) is 0 Å². The monoisotopic (exact) mass is 423 g/mol. The van der Waals surface area contributed by atoms with E-state index in [1.165, 1.54) is 0 Å². The maximum atomic E-state index is 12.8. The normalized spacial score (nSPS) is 11.9. The van der Waals surface area contributed by atoms with E-state index in [4.69, 9.17) is 0 Å². The molecule has 0 bridgehead atoms. The Bertz CT molecular complexity index is 1450. The number of aryl methyl sites for hydroxylation is 1. The van der Waals surface area contributed by atoms with Crippen LogP contribution in [0.4, 0.5) is 0 Å². The molecular formula is C22H21N3O4S. The molecule has 1 N–H and O–H groups in total. The molecule has 0 aliphatic carbocycles. The minimum absolute atomic E-state index is 0.378. The quantitative estimate of drug-likeness (QED) is 0.513. The van der Waals surface area contributed by atoms with Gasteiger partial charge in [-0.3, -0.25) is 9.59 Å². The van der Waals surface area contributed by atoms with Crippen molar-refractivity contribution in [1.29, 1.82) is 0 Å². The summed E-state index contributed by atoms with van der Waals surface area (Å²) in [5.41, 5.74) is 3.43. The van der Waals surface area contributed by atoms with Crippen LogP contribution in [0.2, 0.25) is 0 Å². The molecule has 0 unspecified atom stereocenters. The van der Waals surface area contributed by atoms with Gasteiger partial charge in [0.05, 0.1) is 11.1 Å². The van der Waals surface area contributed by atoms with Crippen molar-refractivity contribution in [2.24, 2.45) is 0 Å². The Morgan fingerprint density at radius 1 is 1.10 bits per heavy atom. The van der Waals surface area contributed by atoms with E-state index in [9.17, 15) is 18.0 Å². The van der Waals surface area contributed by atoms with Crippen molar-refractivity contribution < 1.29 is 13.2 Å². The van der Waals surface area contributed by atoms with Gasteiger partial charge in [0, 0.05) is 35.2 Å². The second-order valence-electron chi connectivity index (χ2n) is 7.55. The lowest BCUT2D eigenvalue weighted by Gasteiger charge is -2.11. The van der Waals surface area contributed by atoms with Crippen molar-refractivity contribution in [2.75, 3.05) is 12.0 Å². The van der Waals surface area contributed by atoms with Gasteiger partial charge in [0.1, 0.15) is 12.3 Å². The number of aromatic nitrogens is 3. The number of fused-ring (bicyclic) bond motifs is 2. The van der Waals surface area contributed by atoms with Crippen molar-refractivity contribution in [2.45, 2.75) is 19.9 Å². The lowest BCUT2D eigenvalue weighted by molar-refractivity contribution is -0.117. The van der Waals surface area contributed by atoms with Crippen molar-refractivity contribution in [3.8, 4) is 0 Å². The highest BCUT2D eigenvalue weighted by Crippen LogP contribution is 2.25. The van der Waals surface area contributed by atoms with Gasteiger partial charge in [0.25, 0.3) is 5.56 Å². The number of sulfone groups is 1. The number of carbonyl (C=O) groups excluding carboxylic acids is 1. The minimum Gasteiger partial charge on any atom is -0.361 e. The Kier molecular flexibility index (Phi) is 5.03. The van der Waals surface area contributed by atoms with E-state index in [2.05, 4.69) is 10.1 Å². The molecule has 0 aliphatic heterocycles. The van der Waals surface area contributed by atoms with Crippen LogP contribution in [-0.2, 0) is 27.6 Å². The maximum absolute atomic E-state index is 12.8. The molecule has 8 heteroatoms. The van der Waals surface area contributed by atoms with E-state index in [1.54, 1.807) is 12.1 Å². The molecule has 154 valence electrons. The molecule has 0 saturated heterocycles. The van der Waals surface area contributed by atoms with Crippen LogP contribution in [0.1, 0.15) is 16.8 Å².